The van der Waals surface area contributed by atoms with Gasteiger partial charge in [-0.2, -0.15) is 0 Å². The topological polar surface area (TPSA) is 9.23 Å². The first kappa shape index (κ1) is 18.9. The van der Waals surface area contributed by atoms with E-state index in [1.54, 1.807) is 0 Å². The first-order valence-corrected chi connectivity index (χ1v) is 9.79. The van der Waals surface area contributed by atoms with Gasteiger partial charge in [0, 0.05) is 11.1 Å². The maximum Gasteiger partial charge on any atom is 0.167 e. The third kappa shape index (κ3) is 5.50. The third-order valence-corrected chi connectivity index (χ3v) is 7.84. The van der Waals surface area contributed by atoms with Crippen LogP contribution in [0.4, 0.5) is 4.39 Å². The molecule has 0 aliphatic carbocycles. The van der Waals surface area contributed by atoms with Crippen molar-refractivity contribution in [1.29, 1.82) is 0 Å². The molecule has 0 fully saturated rings. The molecule has 0 radical (unpaired) electrons. The van der Waals surface area contributed by atoms with Crippen molar-refractivity contribution in [1.82, 2.24) is 0 Å². The molecule has 0 amide bonds. The summed E-state index contributed by atoms with van der Waals surface area (Å²) < 4.78 is 19.9. The number of rotatable bonds is 8. The number of aryl methyl sites for hydroxylation is 1. The Morgan fingerprint density at radius 1 is 1.24 bits per heavy atom. The van der Waals surface area contributed by atoms with E-state index in [2.05, 4.69) is 50.5 Å². The van der Waals surface area contributed by atoms with E-state index < -0.39 is 9.76 Å². The molecule has 0 N–H and O–H groups in total. The van der Waals surface area contributed by atoms with Crippen LogP contribution in [0.25, 0.3) is 0 Å². The zero-order valence-electron chi connectivity index (χ0n) is 13.9. The number of hydrogen-bond donors (Lipinski definition) is 0. The molecule has 0 bridgehead atoms. The number of halogens is 2. The lowest BCUT2D eigenvalue weighted by molar-refractivity contribution is 0.216. The van der Waals surface area contributed by atoms with Crippen molar-refractivity contribution in [2.24, 2.45) is 5.41 Å². The Balaban J connectivity index is 2.35. The highest BCUT2D eigenvalue weighted by Gasteiger charge is 2.35. The standard InChI is InChI=1S/C17H28BrFOSi/c1-6-16(2,3)17(4,5)21-20-11-7-8-13-9-10-14(19)12-15(13)18/h9-10,12H,6-8,11,21H2,1-5H3. The first-order chi connectivity index (χ1) is 9.69. The van der Waals surface area contributed by atoms with Gasteiger partial charge in [-0.15, -0.1) is 0 Å². The lowest BCUT2D eigenvalue weighted by Crippen LogP contribution is -2.32. The summed E-state index contributed by atoms with van der Waals surface area (Å²) in [6.07, 6.45) is 3.09. The second kappa shape index (κ2) is 7.89. The molecule has 21 heavy (non-hydrogen) atoms. The second-order valence-electron chi connectivity index (χ2n) is 7.01. The Morgan fingerprint density at radius 3 is 2.48 bits per heavy atom. The normalized spacial score (nSPS) is 13.3. The Labute approximate surface area is 139 Å². The van der Waals surface area contributed by atoms with Gasteiger partial charge in [-0.05, 0) is 41.0 Å². The summed E-state index contributed by atoms with van der Waals surface area (Å²) in [5, 5.41) is 0.304. The highest BCUT2D eigenvalue weighted by molar-refractivity contribution is 9.10. The Morgan fingerprint density at radius 2 is 1.90 bits per heavy atom. The highest BCUT2D eigenvalue weighted by atomic mass is 79.9. The molecular formula is C17H28BrFOSi. The average Bonchev–Trinajstić information content (AvgIpc) is 2.40. The lowest BCUT2D eigenvalue weighted by Gasteiger charge is -2.40. The molecule has 0 saturated heterocycles. The molecule has 0 saturated carbocycles. The van der Waals surface area contributed by atoms with E-state index in [4.69, 9.17) is 4.43 Å². The second-order valence-corrected chi connectivity index (χ2v) is 10.3. The van der Waals surface area contributed by atoms with Gasteiger partial charge in [0.05, 0.1) is 0 Å². The molecule has 1 aromatic rings. The van der Waals surface area contributed by atoms with Crippen LogP contribution in [-0.4, -0.2) is 16.4 Å². The molecule has 0 aliphatic rings. The molecule has 0 atom stereocenters. The summed E-state index contributed by atoms with van der Waals surface area (Å²) >= 11 is 3.41. The van der Waals surface area contributed by atoms with E-state index in [-0.39, 0.29) is 5.82 Å². The zero-order chi connectivity index (χ0) is 16.1. The first-order valence-electron chi connectivity index (χ1n) is 7.71. The third-order valence-electron chi connectivity index (χ3n) is 4.93. The Bertz CT molecular complexity index is 460. The zero-order valence-corrected chi connectivity index (χ0v) is 16.9. The molecule has 0 aromatic heterocycles. The van der Waals surface area contributed by atoms with E-state index in [9.17, 15) is 4.39 Å². The van der Waals surface area contributed by atoms with Crippen LogP contribution in [-0.2, 0) is 10.8 Å². The fourth-order valence-corrected chi connectivity index (χ4v) is 4.14. The minimum atomic E-state index is -0.564. The average molecular weight is 375 g/mol. The van der Waals surface area contributed by atoms with Gasteiger partial charge < -0.3 is 4.43 Å². The predicted octanol–water partition coefficient (Wildman–Crippen LogP) is 5.26. The van der Waals surface area contributed by atoms with Crippen LogP contribution in [0.15, 0.2) is 22.7 Å². The van der Waals surface area contributed by atoms with Gasteiger partial charge in [0.2, 0.25) is 0 Å². The molecule has 0 unspecified atom stereocenters. The van der Waals surface area contributed by atoms with Gasteiger partial charge in [-0.25, -0.2) is 4.39 Å². The van der Waals surface area contributed by atoms with Crippen LogP contribution in [0.5, 0.6) is 0 Å². The van der Waals surface area contributed by atoms with E-state index in [0.717, 1.165) is 29.5 Å². The quantitative estimate of drug-likeness (QED) is 0.445. The van der Waals surface area contributed by atoms with E-state index in [1.807, 2.05) is 6.07 Å². The Hall–Kier alpha value is -0.193. The molecule has 1 rings (SSSR count). The van der Waals surface area contributed by atoms with E-state index >= 15 is 0 Å². The van der Waals surface area contributed by atoms with Crippen molar-refractivity contribution in [2.75, 3.05) is 6.61 Å². The summed E-state index contributed by atoms with van der Waals surface area (Å²) in [4.78, 5) is 0. The van der Waals surface area contributed by atoms with Gasteiger partial charge in [0.15, 0.2) is 9.76 Å². The smallest absolute Gasteiger partial charge is 0.167 e. The monoisotopic (exact) mass is 374 g/mol. The molecule has 0 aliphatic heterocycles. The van der Waals surface area contributed by atoms with Crippen LogP contribution in [0.1, 0.15) is 53.0 Å². The fourth-order valence-electron chi connectivity index (χ4n) is 2.09. The summed E-state index contributed by atoms with van der Waals surface area (Å²) in [5.74, 6) is -0.196. The van der Waals surface area contributed by atoms with Crippen molar-refractivity contribution in [3.05, 3.63) is 34.1 Å². The molecule has 1 nitrogen and oxygen atoms in total. The van der Waals surface area contributed by atoms with Gasteiger partial charge in [0.25, 0.3) is 0 Å². The van der Waals surface area contributed by atoms with Crippen LogP contribution in [0, 0.1) is 11.2 Å². The largest absolute Gasteiger partial charge is 0.423 e. The van der Waals surface area contributed by atoms with Gasteiger partial charge in [0.1, 0.15) is 5.82 Å². The minimum absolute atomic E-state index is 0.196. The van der Waals surface area contributed by atoms with E-state index in [1.165, 1.54) is 18.6 Å². The van der Waals surface area contributed by atoms with Crippen LogP contribution in [0.3, 0.4) is 0 Å². The van der Waals surface area contributed by atoms with Crippen molar-refractivity contribution >= 4 is 25.7 Å². The molecule has 0 spiro atoms. The summed E-state index contributed by atoms with van der Waals surface area (Å²) in [7, 11) is -0.564. The molecule has 120 valence electrons. The molecule has 1 aromatic carbocycles. The number of benzene rings is 1. The van der Waals surface area contributed by atoms with E-state index in [0.29, 0.717) is 10.5 Å². The summed E-state index contributed by atoms with van der Waals surface area (Å²) in [6.45, 7) is 12.4. The summed E-state index contributed by atoms with van der Waals surface area (Å²) in [6, 6.07) is 4.89. The van der Waals surface area contributed by atoms with Gasteiger partial charge in [-0.1, -0.05) is 63.0 Å². The molecular weight excluding hydrogens is 347 g/mol. The highest BCUT2D eigenvalue weighted by Crippen LogP contribution is 2.46. The lowest BCUT2D eigenvalue weighted by atomic mass is 9.78. The van der Waals surface area contributed by atoms with Gasteiger partial charge in [-0.3, -0.25) is 0 Å². The van der Waals surface area contributed by atoms with Gasteiger partial charge >= 0.3 is 0 Å². The van der Waals surface area contributed by atoms with Crippen molar-refractivity contribution < 1.29 is 8.82 Å². The van der Waals surface area contributed by atoms with Crippen LogP contribution in [0.2, 0.25) is 5.04 Å². The van der Waals surface area contributed by atoms with Crippen LogP contribution < -0.4 is 0 Å². The summed E-state index contributed by atoms with van der Waals surface area (Å²) in [5.41, 5.74) is 1.48. The van der Waals surface area contributed by atoms with Crippen molar-refractivity contribution in [2.45, 2.75) is 58.9 Å². The maximum absolute atomic E-state index is 13.0. The van der Waals surface area contributed by atoms with Crippen molar-refractivity contribution in [3.63, 3.8) is 0 Å². The SMILES string of the molecule is CCC(C)(C)C(C)(C)[SiH2]OCCCc1ccc(F)cc1Br. The fraction of sp³-hybridized carbons (Fsp3) is 0.647. The molecule has 0 heterocycles. The van der Waals surface area contributed by atoms with Crippen molar-refractivity contribution in [3.8, 4) is 0 Å². The van der Waals surface area contributed by atoms with Crippen LogP contribution >= 0.6 is 15.9 Å². The molecule has 4 heteroatoms. The predicted molar refractivity (Wildman–Crippen MR) is 95.0 cm³/mol. The minimum Gasteiger partial charge on any atom is -0.423 e. The maximum atomic E-state index is 13.0. The Kier molecular flexibility index (Phi) is 7.08. The number of hydrogen-bond acceptors (Lipinski definition) is 1.